The van der Waals surface area contributed by atoms with Gasteiger partial charge in [0.2, 0.25) is 0 Å². The SMILES string of the molecule is COC1[C@H](C)CC2(Cc3ccc(C#N)cc3[C@]23N=C(N)N(CC2(C)OCCO2)C3=O)C[C@@H]1C. The summed E-state index contributed by atoms with van der Waals surface area (Å²) in [6.07, 6.45) is 2.42. The van der Waals surface area contributed by atoms with Crippen molar-refractivity contribution in [3.05, 3.63) is 34.9 Å². The van der Waals surface area contributed by atoms with Crippen molar-refractivity contribution in [2.75, 3.05) is 26.9 Å². The van der Waals surface area contributed by atoms with Crippen molar-refractivity contribution in [1.82, 2.24) is 4.90 Å². The van der Waals surface area contributed by atoms with Crippen molar-refractivity contribution in [2.24, 2.45) is 28.0 Å². The maximum atomic E-state index is 14.4. The van der Waals surface area contributed by atoms with Crippen LogP contribution in [0.5, 0.6) is 0 Å². The lowest BCUT2D eigenvalue weighted by atomic mass is 9.56. The van der Waals surface area contributed by atoms with E-state index in [2.05, 4.69) is 19.9 Å². The molecule has 2 spiro atoms. The average Bonchev–Trinajstić information content (AvgIpc) is 3.38. The van der Waals surface area contributed by atoms with Crippen LogP contribution in [0.15, 0.2) is 23.2 Å². The Labute approximate surface area is 194 Å². The molecule has 8 heteroatoms. The van der Waals surface area contributed by atoms with Gasteiger partial charge in [-0.25, -0.2) is 4.99 Å². The minimum atomic E-state index is -1.16. The fourth-order valence-electron chi connectivity index (χ4n) is 7.12. The maximum absolute atomic E-state index is 14.4. The van der Waals surface area contributed by atoms with Crippen molar-refractivity contribution in [1.29, 1.82) is 5.26 Å². The molecule has 1 saturated carbocycles. The van der Waals surface area contributed by atoms with Crippen molar-refractivity contribution >= 4 is 11.9 Å². The average molecular weight is 453 g/mol. The number of methoxy groups -OCH3 is 1. The van der Waals surface area contributed by atoms with Gasteiger partial charge in [0.1, 0.15) is 0 Å². The second-order valence-corrected chi connectivity index (χ2v) is 10.4. The zero-order chi connectivity index (χ0) is 23.6. The van der Waals surface area contributed by atoms with Crippen LogP contribution in [0.25, 0.3) is 0 Å². The molecule has 0 aromatic heterocycles. The fourth-order valence-corrected chi connectivity index (χ4v) is 7.12. The molecule has 2 heterocycles. The van der Waals surface area contributed by atoms with E-state index in [1.54, 1.807) is 7.11 Å². The van der Waals surface area contributed by atoms with Gasteiger partial charge in [0.15, 0.2) is 17.3 Å². The molecule has 4 aliphatic rings. The van der Waals surface area contributed by atoms with E-state index in [4.69, 9.17) is 24.9 Å². The van der Waals surface area contributed by atoms with Gasteiger partial charge in [-0.15, -0.1) is 0 Å². The first-order valence-corrected chi connectivity index (χ1v) is 11.7. The molecule has 5 rings (SSSR count). The van der Waals surface area contributed by atoms with Gasteiger partial charge in [-0.2, -0.15) is 5.26 Å². The molecular weight excluding hydrogens is 420 g/mol. The first-order valence-electron chi connectivity index (χ1n) is 11.7. The lowest BCUT2D eigenvalue weighted by molar-refractivity contribution is -0.164. The summed E-state index contributed by atoms with van der Waals surface area (Å²) in [6.45, 7) is 7.34. The molecule has 33 heavy (non-hydrogen) atoms. The van der Waals surface area contributed by atoms with Crippen LogP contribution in [-0.2, 0) is 31.0 Å². The molecule has 5 atom stereocenters. The third-order valence-electron chi connectivity index (χ3n) is 8.20. The van der Waals surface area contributed by atoms with Crippen molar-refractivity contribution < 1.29 is 19.0 Å². The molecule has 2 aliphatic carbocycles. The first kappa shape index (κ1) is 22.3. The van der Waals surface area contributed by atoms with Crippen LogP contribution in [0.2, 0.25) is 0 Å². The second-order valence-electron chi connectivity index (χ2n) is 10.4. The molecule has 2 N–H and O–H groups in total. The number of hydrogen-bond acceptors (Lipinski definition) is 7. The third-order valence-corrected chi connectivity index (χ3v) is 8.20. The molecule has 0 radical (unpaired) electrons. The fraction of sp³-hybridized carbons (Fsp3) is 0.640. The number of ether oxygens (including phenoxy) is 3. The zero-order valence-electron chi connectivity index (χ0n) is 19.8. The van der Waals surface area contributed by atoms with Crippen LogP contribution >= 0.6 is 0 Å². The number of carbonyl (C=O) groups is 1. The molecule has 2 fully saturated rings. The van der Waals surface area contributed by atoms with E-state index >= 15 is 0 Å². The molecular formula is C25H32N4O4. The number of guanidine groups is 1. The predicted molar refractivity (Wildman–Crippen MR) is 121 cm³/mol. The smallest absolute Gasteiger partial charge is 0.262 e. The largest absolute Gasteiger partial charge is 0.381 e. The summed E-state index contributed by atoms with van der Waals surface area (Å²) in [5.74, 6) is -0.387. The van der Waals surface area contributed by atoms with E-state index < -0.39 is 16.7 Å². The van der Waals surface area contributed by atoms with Gasteiger partial charge in [-0.1, -0.05) is 19.9 Å². The Bertz CT molecular complexity index is 1040. The molecule has 1 aromatic rings. The number of nitrogens with zero attached hydrogens (tertiary/aromatic N) is 3. The Morgan fingerprint density at radius 3 is 2.55 bits per heavy atom. The van der Waals surface area contributed by atoms with E-state index in [9.17, 15) is 10.1 Å². The lowest BCUT2D eigenvalue weighted by Crippen LogP contribution is -2.57. The van der Waals surface area contributed by atoms with Gasteiger partial charge in [-0.3, -0.25) is 9.69 Å². The summed E-state index contributed by atoms with van der Waals surface area (Å²) in [4.78, 5) is 20.9. The molecule has 1 aromatic carbocycles. The topological polar surface area (TPSA) is 110 Å². The number of carbonyl (C=O) groups excluding carboxylic acids is 1. The normalized spacial score (nSPS) is 36.9. The van der Waals surface area contributed by atoms with E-state index in [1.807, 2.05) is 25.1 Å². The van der Waals surface area contributed by atoms with E-state index in [1.165, 1.54) is 4.90 Å². The van der Waals surface area contributed by atoms with Gasteiger partial charge in [0, 0.05) is 12.5 Å². The van der Waals surface area contributed by atoms with Gasteiger partial charge in [-0.05, 0) is 61.3 Å². The van der Waals surface area contributed by atoms with Gasteiger partial charge in [0.05, 0.1) is 37.5 Å². The summed E-state index contributed by atoms with van der Waals surface area (Å²) >= 11 is 0. The van der Waals surface area contributed by atoms with Crippen LogP contribution in [0.1, 0.15) is 50.3 Å². The summed E-state index contributed by atoms with van der Waals surface area (Å²) < 4.78 is 17.4. The highest BCUT2D eigenvalue weighted by Crippen LogP contribution is 2.63. The number of nitrogens with two attached hydrogens (primary N) is 1. The Morgan fingerprint density at radius 2 is 1.94 bits per heavy atom. The van der Waals surface area contributed by atoms with Crippen LogP contribution in [-0.4, -0.2) is 55.5 Å². The quantitative estimate of drug-likeness (QED) is 0.754. The minimum Gasteiger partial charge on any atom is -0.381 e. The van der Waals surface area contributed by atoms with E-state index in [0.717, 1.165) is 30.4 Å². The van der Waals surface area contributed by atoms with Crippen molar-refractivity contribution in [3.8, 4) is 6.07 Å². The number of amides is 1. The Hall–Kier alpha value is -2.47. The van der Waals surface area contributed by atoms with Crippen LogP contribution in [0.3, 0.4) is 0 Å². The second kappa shape index (κ2) is 7.52. The highest BCUT2D eigenvalue weighted by atomic mass is 16.7. The number of nitriles is 1. The molecule has 2 unspecified atom stereocenters. The zero-order valence-corrected chi connectivity index (χ0v) is 19.8. The molecule has 2 aliphatic heterocycles. The van der Waals surface area contributed by atoms with E-state index in [0.29, 0.717) is 18.8 Å². The number of rotatable bonds is 3. The van der Waals surface area contributed by atoms with Gasteiger partial charge < -0.3 is 19.9 Å². The Morgan fingerprint density at radius 1 is 1.27 bits per heavy atom. The van der Waals surface area contributed by atoms with Gasteiger partial charge in [0.25, 0.3) is 5.91 Å². The van der Waals surface area contributed by atoms with E-state index in [-0.39, 0.29) is 36.4 Å². The molecule has 0 bridgehead atoms. The summed E-state index contributed by atoms with van der Waals surface area (Å²) in [6, 6.07) is 7.87. The highest BCUT2D eigenvalue weighted by molar-refractivity contribution is 6.08. The molecule has 8 nitrogen and oxygen atoms in total. The number of benzene rings is 1. The highest BCUT2D eigenvalue weighted by Gasteiger charge is 2.68. The lowest BCUT2D eigenvalue weighted by Gasteiger charge is -2.50. The Kier molecular flexibility index (Phi) is 5.09. The third kappa shape index (κ3) is 3.06. The summed E-state index contributed by atoms with van der Waals surface area (Å²) in [7, 11) is 1.76. The van der Waals surface area contributed by atoms with Crippen molar-refractivity contribution in [3.63, 3.8) is 0 Å². The minimum absolute atomic E-state index is 0.124. The predicted octanol–water partition coefficient (Wildman–Crippen LogP) is 2.30. The molecule has 176 valence electrons. The maximum Gasteiger partial charge on any atom is 0.262 e. The van der Waals surface area contributed by atoms with Crippen LogP contribution in [0, 0.1) is 28.6 Å². The number of aliphatic imine (C=N–C) groups is 1. The van der Waals surface area contributed by atoms with Crippen LogP contribution < -0.4 is 5.73 Å². The number of fused-ring (bicyclic) bond motifs is 3. The number of hydrogen-bond donors (Lipinski definition) is 1. The van der Waals surface area contributed by atoms with Crippen molar-refractivity contribution in [2.45, 2.75) is 57.5 Å². The molecule has 1 amide bonds. The molecule has 1 saturated heterocycles. The van der Waals surface area contributed by atoms with Crippen LogP contribution in [0.4, 0.5) is 0 Å². The monoisotopic (exact) mass is 452 g/mol. The summed E-state index contributed by atoms with van der Waals surface area (Å²) in [5.41, 5.74) is 7.26. The standard InChI is InChI=1S/C25H32N4O4/c1-15-10-24(11-16(2)20(15)31-4)12-18-6-5-17(13-26)9-19(18)25(24)21(30)29(22(27)28-25)14-23(3)32-7-8-33-23/h5-6,9,15-16,20H,7-8,10-12,14H2,1-4H3,(H2,27,28)/t15-,16+,20?,24?,25-/m1/s1. The first-order chi connectivity index (χ1) is 15.7. The summed E-state index contributed by atoms with van der Waals surface area (Å²) in [5, 5.41) is 9.59. The Balaban J connectivity index is 1.64. The van der Waals surface area contributed by atoms with Gasteiger partial charge >= 0.3 is 0 Å².